The molecule has 0 spiro atoms. The van der Waals surface area contributed by atoms with Gasteiger partial charge in [0.15, 0.2) is 9.84 Å². The summed E-state index contributed by atoms with van der Waals surface area (Å²) in [7, 11) is -3.10. The van der Waals surface area contributed by atoms with Gasteiger partial charge in [-0.05, 0) is 43.0 Å². The molecule has 1 saturated heterocycles. The van der Waals surface area contributed by atoms with Gasteiger partial charge in [-0.1, -0.05) is 43.3 Å². The summed E-state index contributed by atoms with van der Waals surface area (Å²) >= 11 is 0. The summed E-state index contributed by atoms with van der Waals surface area (Å²) in [5.41, 5.74) is 2.69. The van der Waals surface area contributed by atoms with Crippen LogP contribution in [0.1, 0.15) is 41.8 Å². The second-order valence-corrected chi connectivity index (χ2v) is 9.32. The smallest absolute Gasteiger partial charge is 0.258 e. The molecule has 0 bridgehead atoms. The molecule has 5 nitrogen and oxygen atoms in total. The van der Waals surface area contributed by atoms with Crippen molar-refractivity contribution in [2.75, 3.05) is 18.1 Å². The van der Waals surface area contributed by atoms with Crippen LogP contribution >= 0.6 is 0 Å². The quantitative estimate of drug-likeness (QED) is 0.713. The topological polar surface area (TPSA) is 63.7 Å². The van der Waals surface area contributed by atoms with Crippen molar-refractivity contribution in [3.63, 3.8) is 0 Å². The highest BCUT2D eigenvalue weighted by molar-refractivity contribution is 7.91. The van der Waals surface area contributed by atoms with Gasteiger partial charge in [0.05, 0.1) is 23.7 Å². The Bertz CT molecular complexity index is 922. The largest absolute Gasteiger partial charge is 0.493 e. The lowest BCUT2D eigenvalue weighted by molar-refractivity contribution is 0.0676. The van der Waals surface area contributed by atoms with Gasteiger partial charge in [0.25, 0.3) is 5.91 Å². The first-order valence-electron chi connectivity index (χ1n) is 9.74. The first kappa shape index (κ1) is 20.4. The fourth-order valence-corrected chi connectivity index (χ4v) is 5.28. The van der Waals surface area contributed by atoms with E-state index in [9.17, 15) is 13.2 Å². The second-order valence-electron chi connectivity index (χ2n) is 7.09. The van der Waals surface area contributed by atoms with E-state index in [1.54, 1.807) is 23.1 Å². The van der Waals surface area contributed by atoms with Crippen LogP contribution in [0.4, 0.5) is 0 Å². The van der Waals surface area contributed by atoms with Gasteiger partial charge in [-0.15, -0.1) is 0 Å². The maximum atomic E-state index is 13.4. The predicted molar refractivity (Wildman–Crippen MR) is 110 cm³/mol. The van der Waals surface area contributed by atoms with Crippen molar-refractivity contribution < 1.29 is 17.9 Å². The number of hydrogen-bond donors (Lipinski definition) is 0. The average molecular weight is 402 g/mol. The van der Waals surface area contributed by atoms with Crippen molar-refractivity contribution in [1.29, 1.82) is 0 Å². The number of para-hydroxylation sites is 1. The minimum Gasteiger partial charge on any atom is -0.493 e. The standard InChI is InChI=1S/C22H27NO4S/c1-3-17-9-11-18(12-10-17)15-23(19-13-14-28(25,26)16-19)22(24)20-7-5-6-8-21(20)27-4-2/h5-12,19H,3-4,13-16H2,1-2H3. The fourth-order valence-electron chi connectivity index (χ4n) is 3.54. The summed E-state index contributed by atoms with van der Waals surface area (Å²) in [6.45, 7) is 4.81. The summed E-state index contributed by atoms with van der Waals surface area (Å²) in [4.78, 5) is 15.1. The number of ether oxygens (including phenoxy) is 1. The molecule has 1 atom stereocenters. The van der Waals surface area contributed by atoms with Gasteiger partial charge in [-0.25, -0.2) is 8.42 Å². The van der Waals surface area contributed by atoms with Crippen molar-refractivity contribution >= 4 is 15.7 Å². The number of amides is 1. The van der Waals surface area contributed by atoms with Crippen molar-refractivity contribution in [3.05, 3.63) is 65.2 Å². The fraction of sp³-hybridized carbons (Fsp3) is 0.409. The molecule has 0 radical (unpaired) electrons. The lowest BCUT2D eigenvalue weighted by atomic mass is 10.1. The zero-order chi connectivity index (χ0) is 20.1. The summed E-state index contributed by atoms with van der Waals surface area (Å²) in [6, 6.07) is 15.0. The van der Waals surface area contributed by atoms with Gasteiger partial charge < -0.3 is 9.64 Å². The molecule has 2 aromatic carbocycles. The summed E-state index contributed by atoms with van der Waals surface area (Å²) < 4.78 is 29.7. The molecular formula is C22H27NO4S. The van der Waals surface area contributed by atoms with E-state index < -0.39 is 9.84 Å². The van der Waals surface area contributed by atoms with E-state index >= 15 is 0 Å². The van der Waals surface area contributed by atoms with E-state index in [-0.39, 0.29) is 23.5 Å². The maximum Gasteiger partial charge on any atom is 0.258 e. The van der Waals surface area contributed by atoms with Crippen LogP contribution in [0.3, 0.4) is 0 Å². The Morgan fingerprint density at radius 1 is 1.07 bits per heavy atom. The molecule has 1 aliphatic heterocycles. The average Bonchev–Trinajstić information content (AvgIpc) is 3.06. The molecule has 6 heteroatoms. The molecule has 1 fully saturated rings. The minimum atomic E-state index is -3.10. The van der Waals surface area contributed by atoms with E-state index in [4.69, 9.17) is 4.74 Å². The highest BCUT2D eigenvalue weighted by Gasteiger charge is 2.35. The minimum absolute atomic E-state index is 0.0165. The molecular weight excluding hydrogens is 374 g/mol. The van der Waals surface area contributed by atoms with Crippen molar-refractivity contribution in [1.82, 2.24) is 4.90 Å². The Morgan fingerprint density at radius 2 is 1.75 bits per heavy atom. The zero-order valence-corrected chi connectivity index (χ0v) is 17.2. The predicted octanol–water partition coefficient (Wildman–Crippen LogP) is 3.48. The number of carbonyl (C=O) groups excluding carboxylic acids is 1. The van der Waals surface area contributed by atoms with Gasteiger partial charge in [-0.3, -0.25) is 4.79 Å². The third kappa shape index (κ3) is 4.73. The number of aryl methyl sites for hydroxylation is 1. The molecule has 28 heavy (non-hydrogen) atoms. The SMILES string of the molecule is CCOc1ccccc1C(=O)N(Cc1ccc(CC)cc1)C1CCS(=O)(=O)C1. The van der Waals surface area contributed by atoms with E-state index in [2.05, 4.69) is 19.1 Å². The third-order valence-corrected chi connectivity index (χ3v) is 6.86. The first-order valence-corrected chi connectivity index (χ1v) is 11.6. The van der Waals surface area contributed by atoms with Crippen LogP contribution in [-0.2, 0) is 22.8 Å². The number of rotatable bonds is 7. The maximum absolute atomic E-state index is 13.4. The first-order chi connectivity index (χ1) is 13.4. The van der Waals surface area contributed by atoms with Crippen molar-refractivity contribution in [3.8, 4) is 5.75 Å². The van der Waals surface area contributed by atoms with Crippen LogP contribution < -0.4 is 4.74 Å². The van der Waals surface area contributed by atoms with E-state index in [0.717, 1.165) is 12.0 Å². The summed E-state index contributed by atoms with van der Waals surface area (Å²) in [5.74, 6) is 0.485. The van der Waals surface area contributed by atoms with E-state index in [0.29, 0.717) is 30.9 Å². The highest BCUT2D eigenvalue weighted by Crippen LogP contribution is 2.26. The van der Waals surface area contributed by atoms with Crippen LogP contribution in [0, 0.1) is 0 Å². The van der Waals surface area contributed by atoms with E-state index in [1.807, 2.05) is 25.1 Å². The molecule has 0 aromatic heterocycles. The van der Waals surface area contributed by atoms with Crippen molar-refractivity contribution in [2.45, 2.75) is 39.3 Å². The van der Waals surface area contributed by atoms with Crippen LogP contribution in [0.25, 0.3) is 0 Å². The normalized spacial score (nSPS) is 18.0. The molecule has 2 aromatic rings. The lowest BCUT2D eigenvalue weighted by Crippen LogP contribution is -2.40. The second kappa shape index (κ2) is 8.78. The molecule has 1 amide bonds. The van der Waals surface area contributed by atoms with Gasteiger partial charge >= 0.3 is 0 Å². The van der Waals surface area contributed by atoms with Crippen LogP contribution in [0.2, 0.25) is 0 Å². The Labute approximate surface area is 167 Å². The Hall–Kier alpha value is -2.34. The van der Waals surface area contributed by atoms with Crippen molar-refractivity contribution in [2.24, 2.45) is 0 Å². The Balaban J connectivity index is 1.92. The van der Waals surface area contributed by atoms with Gasteiger partial charge in [0.2, 0.25) is 0 Å². The van der Waals surface area contributed by atoms with Gasteiger partial charge in [-0.2, -0.15) is 0 Å². The monoisotopic (exact) mass is 401 g/mol. The number of sulfone groups is 1. The van der Waals surface area contributed by atoms with Crippen LogP contribution in [-0.4, -0.2) is 43.4 Å². The lowest BCUT2D eigenvalue weighted by Gasteiger charge is -2.29. The molecule has 0 N–H and O–H groups in total. The van der Waals surface area contributed by atoms with E-state index in [1.165, 1.54) is 5.56 Å². The number of carbonyl (C=O) groups is 1. The van der Waals surface area contributed by atoms with Crippen LogP contribution in [0.15, 0.2) is 48.5 Å². The third-order valence-electron chi connectivity index (χ3n) is 5.11. The molecule has 150 valence electrons. The number of hydrogen-bond acceptors (Lipinski definition) is 4. The molecule has 0 saturated carbocycles. The molecule has 1 aliphatic rings. The van der Waals surface area contributed by atoms with Gasteiger partial charge in [0.1, 0.15) is 5.75 Å². The molecule has 1 unspecified atom stereocenters. The highest BCUT2D eigenvalue weighted by atomic mass is 32.2. The van der Waals surface area contributed by atoms with Crippen LogP contribution in [0.5, 0.6) is 5.75 Å². The molecule has 1 heterocycles. The molecule has 0 aliphatic carbocycles. The zero-order valence-electron chi connectivity index (χ0n) is 16.4. The summed E-state index contributed by atoms with van der Waals surface area (Å²) in [5, 5.41) is 0. The number of benzene rings is 2. The van der Waals surface area contributed by atoms with Gasteiger partial charge in [0, 0.05) is 12.6 Å². The Kier molecular flexibility index (Phi) is 6.39. The molecule has 3 rings (SSSR count). The summed E-state index contributed by atoms with van der Waals surface area (Å²) in [6.07, 6.45) is 1.42. The Morgan fingerprint density at radius 3 is 2.36 bits per heavy atom. The number of nitrogens with zero attached hydrogens (tertiary/aromatic N) is 1.